The van der Waals surface area contributed by atoms with Gasteiger partial charge in [-0.1, -0.05) is 20.8 Å². The molecule has 6 nitrogen and oxygen atoms in total. The smallest absolute Gasteiger partial charge is 0.147 e. The van der Waals surface area contributed by atoms with Crippen LogP contribution in [0.2, 0.25) is 0 Å². The molecule has 10 atom stereocenters. The number of fused-ring (bicyclic) bond motifs is 9. The zero-order chi connectivity index (χ0) is 17.3. The fraction of sp³-hybridized carbons (Fsp3) is 1.00. The van der Waals surface area contributed by atoms with Crippen molar-refractivity contribution in [3.8, 4) is 0 Å². The highest BCUT2D eigenvalue weighted by molar-refractivity contribution is 5.27. The van der Waals surface area contributed by atoms with E-state index >= 15 is 0 Å². The van der Waals surface area contributed by atoms with Crippen molar-refractivity contribution in [2.24, 2.45) is 23.2 Å². The Hall–Kier alpha value is -0.240. The molecule has 0 N–H and O–H groups in total. The summed E-state index contributed by atoms with van der Waals surface area (Å²) in [5.74, 6) is 1.43. The standard InChI is InChI=1S/C18H30O6/c1-9-10(2)14-17(3)11(12(9)23-14)13-15(21-7-19-5)18(4,16(17)24-13)22-8-20-6/h9-16H,7-8H2,1-6H3. The van der Waals surface area contributed by atoms with Crippen LogP contribution in [0.5, 0.6) is 0 Å². The molecule has 4 aliphatic heterocycles. The van der Waals surface area contributed by atoms with E-state index in [9.17, 15) is 0 Å². The third-order valence-electron chi connectivity index (χ3n) is 7.26. The maximum Gasteiger partial charge on any atom is 0.147 e. The molecule has 4 aliphatic rings. The summed E-state index contributed by atoms with van der Waals surface area (Å²) in [5.41, 5.74) is -0.613. The van der Waals surface area contributed by atoms with Gasteiger partial charge >= 0.3 is 0 Å². The van der Waals surface area contributed by atoms with E-state index in [0.717, 1.165) is 0 Å². The molecule has 4 saturated heterocycles. The van der Waals surface area contributed by atoms with Crippen LogP contribution >= 0.6 is 0 Å². The first-order valence-corrected chi connectivity index (χ1v) is 8.95. The second kappa shape index (κ2) is 5.63. The van der Waals surface area contributed by atoms with E-state index in [0.29, 0.717) is 17.8 Å². The van der Waals surface area contributed by atoms with Crippen LogP contribution < -0.4 is 0 Å². The van der Waals surface area contributed by atoms with E-state index in [4.69, 9.17) is 28.4 Å². The molecule has 0 aromatic carbocycles. The third-order valence-corrected chi connectivity index (χ3v) is 7.26. The van der Waals surface area contributed by atoms with Crippen LogP contribution in [0.3, 0.4) is 0 Å². The summed E-state index contributed by atoms with van der Waals surface area (Å²) < 4.78 is 35.5. The molecule has 10 unspecified atom stereocenters. The number of methoxy groups -OCH3 is 2. The first-order chi connectivity index (χ1) is 11.4. The molecule has 4 rings (SSSR count). The normalized spacial score (nSPS) is 57.8. The number of rotatable bonds is 6. The van der Waals surface area contributed by atoms with Crippen molar-refractivity contribution < 1.29 is 28.4 Å². The van der Waals surface area contributed by atoms with Gasteiger partial charge in [-0.3, -0.25) is 0 Å². The number of ether oxygens (including phenoxy) is 6. The Morgan fingerprint density at radius 3 is 2.29 bits per heavy atom. The molecule has 0 aromatic rings. The Morgan fingerprint density at radius 2 is 1.62 bits per heavy atom. The van der Waals surface area contributed by atoms with Crippen LogP contribution in [0.1, 0.15) is 27.7 Å². The average Bonchev–Trinajstić information content (AvgIpc) is 3.21. The van der Waals surface area contributed by atoms with Gasteiger partial charge in [-0.15, -0.1) is 0 Å². The summed E-state index contributed by atoms with van der Waals surface area (Å²) in [6.45, 7) is 9.45. The van der Waals surface area contributed by atoms with E-state index in [2.05, 4.69) is 27.7 Å². The van der Waals surface area contributed by atoms with Crippen molar-refractivity contribution in [3.63, 3.8) is 0 Å². The highest BCUT2D eigenvalue weighted by atomic mass is 16.7. The van der Waals surface area contributed by atoms with E-state index < -0.39 is 5.60 Å². The van der Waals surface area contributed by atoms with Gasteiger partial charge in [0.2, 0.25) is 0 Å². The molecular weight excluding hydrogens is 312 g/mol. The van der Waals surface area contributed by atoms with Crippen molar-refractivity contribution in [1.82, 2.24) is 0 Å². The van der Waals surface area contributed by atoms with Gasteiger partial charge in [0.1, 0.15) is 25.3 Å². The lowest BCUT2D eigenvalue weighted by Crippen LogP contribution is -2.65. The van der Waals surface area contributed by atoms with Crippen molar-refractivity contribution >= 4 is 0 Å². The van der Waals surface area contributed by atoms with Crippen LogP contribution in [0.15, 0.2) is 0 Å². The van der Waals surface area contributed by atoms with Crippen LogP contribution in [0, 0.1) is 23.2 Å². The second-order valence-electron chi connectivity index (χ2n) is 8.34. The molecule has 0 saturated carbocycles. The van der Waals surface area contributed by atoms with Gasteiger partial charge < -0.3 is 28.4 Å². The quantitative estimate of drug-likeness (QED) is 0.686. The minimum absolute atomic E-state index is 0.0260. The summed E-state index contributed by atoms with van der Waals surface area (Å²) >= 11 is 0. The molecule has 0 amide bonds. The minimum atomic E-state index is -0.568. The van der Waals surface area contributed by atoms with Gasteiger partial charge in [0.15, 0.2) is 0 Å². The fourth-order valence-electron chi connectivity index (χ4n) is 6.15. The van der Waals surface area contributed by atoms with E-state index in [1.54, 1.807) is 14.2 Å². The molecule has 138 valence electrons. The monoisotopic (exact) mass is 342 g/mol. The maximum atomic E-state index is 6.50. The highest BCUT2D eigenvalue weighted by Crippen LogP contribution is 2.69. The molecule has 6 heteroatoms. The summed E-state index contributed by atoms with van der Waals surface area (Å²) in [4.78, 5) is 0. The minimum Gasteiger partial charge on any atom is -0.373 e. The SMILES string of the molecule is COCOC1C2OC(C1(C)OCOC)C1(C)C3OC(C(C)C3C)C21. The molecule has 0 aliphatic carbocycles. The van der Waals surface area contributed by atoms with Crippen LogP contribution in [-0.4, -0.2) is 63.9 Å². The number of hydrogen-bond acceptors (Lipinski definition) is 6. The molecule has 4 fully saturated rings. The molecule has 0 spiro atoms. The summed E-state index contributed by atoms with van der Waals surface area (Å²) in [6, 6.07) is 0. The van der Waals surface area contributed by atoms with Crippen molar-refractivity contribution in [2.45, 2.75) is 63.8 Å². The molecular formula is C18H30O6. The summed E-state index contributed by atoms with van der Waals surface area (Å²) in [6.07, 6.45) is 0.182. The Morgan fingerprint density at radius 1 is 0.917 bits per heavy atom. The van der Waals surface area contributed by atoms with Gasteiger partial charge in [0, 0.05) is 25.6 Å². The zero-order valence-electron chi connectivity index (χ0n) is 15.5. The van der Waals surface area contributed by atoms with E-state index in [1.807, 2.05) is 0 Å². The first kappa shape index (κ1) is 17.2. The van der Waals surface area contributed by atoms with Crippen molar-refractivity contribution in [2.75, 3.05) is 27.8 Å². The molecule has 0 aromatic heterocycles. The Labute approximate surface area is 144 Å². The van der Waals surface area contributed by atoms with Gasteiger partial charge in [-0.2, -0.15) is 0 Å². The fourth-order valence-corrected chi connectivity index (χ4v) is 6.15. The van der Waals surface area contributed by atoms with E-state index in [1.165, 1.54) is 0 Å². The summed E-state index contributed by atoms with van der Waals surface area (Å²) in [7, 11) is 3.27. The van der Waals surface area contributed by atoms with Crippen LogP contribution in [-0.2, 0) is 28.4 Å². The zero-order valence-corrected chi connectivity index (χ0v) is 15.5. The third kappa shape index (κ3) is 1.87. The Balaban J connectivity index is 1.69. The average molecular weight is 342 g/mol. The van der Waals surface area contributed by atoms with Gasteiger partial charge in [0.05, 0.1) is 24.4 Å². The summed E-state index contributed by atoms with van der Waals surface area (Å²) in [5, 5.41) is 0. The topological polar surface area (TPSA) is 55.4 Å². The predicted molar refractivity (Wildman–Crippen MR) is 85.4 cm³/mol. The largest absolute Gasteiger partial charge is 0.373 e. The molecule has 0 radical (unpaired) electrons. The lowest BCUT2D eigenvalue weighted by atomic mass is 9.52. The van der Waals surface area contributed by atoms with Crippen molar-refractivity contribution in [1.29, 1.82) is 0 Å². The Kier molecular flexibility index (Phi) is 4.03. The number of hydrogen-bond donors (Lipinski definition) is 0. The maximum absolute atomic E-state index is 6.50. The molecule has 4 bridgehead atoms. The van der Waals surface area contributed by atoms with Gasteiger partial charge in [0.25, 0.3) is 0 Å². The first-order valence-electron chi connectivity index (χ1n) is 8.95. The van der Waals surface area contributed by atoms with Crippen LogP contribution in [0.4, 0.5) is 0 Å². The predicted octanol–water partition coefficient (Wildman–Crippen LogP) is 1.81. The molecule has 4 heterocycles. The van der Waals surface area contributed by atoms with Crippen molar-refractivity contribution in [3.05, 3.63) is 0 Å². The van der Waals surface area contributed by atoms with Gasteiger partial charge in [-0.25, -0.2) is 0 Å². The van der Waals surface area contributed by atoms with Crippen LogP contribution in [0.25, 0.3) is 0 Å². The highest BCUT2D eigenvalue weighted by Gasteiger charge is 2.80. The lowest BCUT2D eigenvalue weighted by molar-refractivity contribution is -0.229. The van der Waals surface area contributed by atoms with E-state index in [-0.39, 0.29) is 49.5 Å². The Bertz CT molecular complexity index is 500. The van der Waals surface area contributed by atoms with Gasteiger partial charge in [-0.05, 0) is 18.8 Å². The molecule has 24 heavy (non-hydrogen) atoms. The lowest BCUT2D eigenvalue weighted by Gasteiger charge is -2.51. The second-order valence-corrected chi connectivity index (χ2v) is 8.34.